The maximum atomic E-state index is 11.2. The van der Waals surface area contributed by atoms with Crippen LogP contribution in [0.4, 0.5) is 5.69 Å². The molecule has 0 saturated heterocycles. The minimum absolute atomic E-state index is 0.180. The predicted octanol–water partition coefficient (Wildman–Crippen LogP) is 4.09. The molecule has 0 radical (unpaired) electrons. The molecule has 19 heavy (non-hydrogen) atoms. The van der Waals surface area contributed by atoms with Crippen LogP contribution in [0.15, 0.2) is 39.2 Å². The lowest BCUT2D eigenvalue weighted by atomic mass is 10.3. The normalized spacial score (nSPS) is 10.3. The van der Waals surface area contributed by atoms with E-state index in [2.05, 4.69) is 26.0 Å². The van der Waals surface area contributed by atoms with Crippen LogP contribution in [0.5, 0.6) is 0 Å². The molecular formula is C13H11BrClNO3. The number of furan rings is 1. The van der Waals surface area contributed by atoms with Gasteiger partial charge in [-0.05, 0) is 30.3 Å². The molecule has 6 heteroatoms. The number of methoxy groups -OCH3 is 1. The number of hydrogen-bond acceptors (Lipinski definition) is 4. The maximum Gasteiger partial charge on any atom is 0.373 e. The summed E-state index contributed by atoms with van der Waals surface area (Å²) in [7, 11) is 1.31. The van der Waals surface area contributed by atoms with Gasteiger partial charge in [0.15, 0.2) is 0 Å². The number of rotatable bonds is 4. The monoisotopic (exact) mass is 343 g/mol. The van der Waals surface area contributed by atoms with Crippen molar-refractivity contribution in [1.82, 2.24) is 0 Å². The third-order valence-electron chi connectivity index (χ3n) is 2.43. The van der Waals surface area contributed by atoms with Gasteiger partial charge >= 0.3 is 5.97 Å². The summed E-state index contributed by atoms with van der Waals surface area (Å²) in [5.74, 6) is 0.308. The number of carbonyl (C=O) groups is 1. The van der Waals surface area contributed by atoms with Crippen LogP contribution in [0.2, 0.25) is 5.02 Å². The fraction of sp³-hybridized carbons (Fsp3) is 0.154. The second-order valence-corrected chi connectivity index (χ2v) is 5.06. The smallest absolute Gasteiger partial charge is 0.373 e. The van der Waals surface area contributed by atoms with E-state index in [-0.39, 0.29) is 5.76 Å². The van der Waals surface area contributed by atoms with E-state index in [4.69, 9.17) is 16.0 Å². The van der Waals surface area contributed by atoms with Crippen molar-refractivity contribution in [1.29, 1.82) is 0 Å². The summed E-state index contributed by atoms with van der Waals surface area (Å²) in [6.07, 6.45) is 0. The van der Waals surface area contributed by atoms with Gasteiger partial charge in [-0.15, -0.1) is 0 Å². The van der Waals surface area contributed by atoms with E-state index in [1.54, 1.807) is 18.2 Å². The van der Waals surface area contributed by atoms with Crippen molar-refractivity contribution in [2.75, 3.05) is 12.4 Å². The van der Waals surface area contributed by atoms with Gasteiger partial charge in [0.25, 0.3) is 0 Å². The third kappa shape index (κ3) is 3.52. The fourth-order valence-electron chi connectivity index (χ4n) is 1.50. The molecule has 0 bridgehead atoms. The number of anilines is 1. The second kappa shape index (κ2) is 6.12. The van der Waals surface area contributed by atoms with Crippen molar-refractivity contribution in [3.05, 3.63) is 51.3 Å². The summed E-state index contributed by atoms with van der Waals surface area (Å²) in [5.41, 5.74) is 0.784. The molecule has 0 fully saturated rings. The number of hydrogen-bond donors (Lipinski definition) is 1. The van der Waals surface area contributed by atoms with Crippen LogP contribution in [0, 0.1) is 0 Å². The van der Waals surface area contributed by atoms with Crippen molar-refractivity contribution < 1.29 is 13.9 Å². The molecule has 0 atom stereocenters. The van der Waals surface area contributed by atoms with E-state index in [1.807, 2.05) is 12.1 Å². The highest BCUT2D eigenvalue weighted by Crippen LogP contribution is 2.26. The molecule has 0 saturated carbocycles. The Labute approximate surface area is 123 Å². The van der Waals surface area contributed by atoms with E-state index >= 15 is 0 Å². The SMILES string of the molecule is COC(=O)c1ccc(CNc2cc(Br)ccc2Cl)o1. The Morgan fingerprint density at radius 3 is 2.95 bits per heavy atom. The summed E-state index contributed by atoms with van der Waals surface area (Å²) in [5, 5.41) is 3.75. The van der Waals surface area contributed by atoms with E-state index in [0.717, 1.165) is 10.2 Å². The van der Waals surface area contributed by atoms with Crippen LogP contribution in [0.3, 0.4) is 0 Å². The first-order valence-corrected chi connectivity index (χ1v) is 6.63. The first-order chi connectivity index (χ1) is 9.10. The van der Waals surface area contributed by atoms with Gasteiger partial charge in [0, 0.05) is 4.47 Å². The quantitative estimate of drug-likeness (QED) is 0.849. The highest BCUT2D eigenvalue weighted by molar-refractivity contribution is 9.10. The van der Waals surface area contributed by atoms with Gasteiger partial charge in [-0.1, -0.05) is 27.5 Å². The van der Waals surface area contributed by atoms with Crippen molar-refractivity contribution in [3.63, 3.8) is 0 Å². The molecule has 1 aromatic carbocycles. The number of nitrogens with one attached hydrogen (secondary N) is 1. The number of halogens is 2. The number of ether oxygens (including phenoxy) is 1. The molecule has 1 N–H and O–H groups in total. The molecule has 2 aromatic rings. The highest BCUT2D eigenvalue weighted by atomic mass is 79.9. The van der Waals surface area contributed by atoms with Crippen LogP contribution in [0.25, 0.3) is 0 Å². The van der Waals surface area contributed by atoms with Crippen molar-refractivity contribution in [2.24, 2.45) is 0 Å². The molecule has 1 heterocycles. The zero-order valence-electron chi connectivity index (χ0n) is 10.1. The molecule has 0 amide bonds. The van der Waals surface area contributed by atoms with E-state index in [9.17, 15) is 4.79 Å². The van der Waals surface area contributed by atoms with E-state index in [1.165, 1.54) is 7.11 Å². The Morgan fingerprint density at radius 1 is 1.42 bits per heavy atom. The zero-order valence-corrected chi connectivity index (χ0v) is 12.4. The summed E-state index contributed by atoms with van der Waals surface area (Å²) < 4.78 is 10.8. The Hall–Kier alpha value is -1.46. The van der Waals surface area contributed by atoms with Crippen molar-refractivity contribution in [2.45, 2.75) is 6.54 Å². The average Bonchev–Trinajstić information content (AvgIpc) is 2.88. The molecular weight excluding hydrogens is 334 g/mol. The Balaban J connectivity index is 2.04. The molecule has 2 rings (SSSR count). The number of benzene rings is 1. The maximum absolute atomic E-state index is 11.2. The first kappa shape index (κ1) is 14.0. The molecule has 1 aromatic heterocycles. The lowest BCUT2D eigenvalue weighted by molar-refractivity contribution is 0.0563. The fourth-order valence-corrected chi connectivity index (χ4v) is 2.04. The summed E-state index contributed by atoms with van der Waals surface area (Å²) in [6, 6.07) is 8.80. The van der Waals surface area contributed by atoms with Crippen molar-refractivity contribution >= 4 is 39.2 Å². The van der Waals surface area contributed by atoms with E-state index in [0.29, 0.717) is 17.3 Å². The predicted molar refractivity (Wildman–Crippen MR) is 76.5 cm³/mol. The topological polar surface area (TPSA) is 51.5 Å². The Kier molecular flexibility index (Phi) is 4.50. The zero-order chi connectivity index (χ0) is 13.8. The van der Waals surface area contributed by atoms with Crippen LogP contribution in [-0.4, -0.2) is 13.1 Å². The average molecular weight is 345 g/mol. The van der Waals surface area contributed by atoms with Gasteiger partial charge < -0.3 is 14.5 Å². The van der Waals surface area contributed by atoms with Crippen LogP contribution in [-0.2, 0) is 11.3 Å². The van der Waals surface area contributed by atoms with Gasteiger partial charge in [0.05, 0.1) is 24.4 Å². The minimum atomic E-state index is -0.494. The van der Waals surface area contributed by atoms with Crippen molar-refractivity contribution in [3.8, 4) is 0 Å². The first-order valence-electron chi connectivity index (χ1n) is 5.46. The van der Waals surface area contributed by atoms with E-state index < -0.39 is 5.97 Å². The molecule has 0 spiro atoms. The van der Waals surface area contributed by atoms with Gasteiger partial charge in [0.1, 0.15) is 5.76 Å². The molecule has 0 aliphatic carbocycles. The van der Waals surface area contributed by atoms with Crippen LogP contribution in [0.1, 0.15) is 16.3 Å². The largest absolute Gasteiger partial charge is 0.463 e. The van der Waals surface area contributed by atoms with Gasteiger partial charge in [0.2, 0.25) is 5.76 Å². The lowest BCUT2D eigenvalue weighted by Gasteiger charge is -2.07. The number of esters is 1. The van der Waals surface area contributed by atoms with Gasteiger partial charge in [-0.25, -0.2) is 4.79 Å². The Morgan fingerprint density at radius 2 is 2.21 bits per heavy atom. The summed E-state index contributed by atoms with van der Waals surface area (Å²) >= 11 is 9.42. The molecule has 100 valence electrons. The molecule has 0 aliphatic rings. The molecule has 4 nitrogen and oxygen atoms in total. The van der Waals surface area contributed by atoms with Gasteiger partial charge in [-0.3, -0.25) is 0 Å². The van der Waals surface area contributed by atoms with Crippen LogP contribution >= 0.6 is 27.5 Å². The van der Waals surface area contributed by atoms with Gasteiger partial charge in [-0.2, -0.15) is 0 Å². The minimum Gasteiger partial charge on any atom is -0.463 e. The summed E-state index contributed by atoms with van der Waals surface area (Å²) in [4.78, 5) is 11.2. The number of carbonyl (C=O) groups excluding carboxylic acids is 1. The second-order valence-electron chi connectivity index (χ2n) is 3.74. The molecule has 0 unspecified atom stereocenters. The highest BCUT2D eigenvalue weighted by Gasteiger charge is 2.11. The summed E-state index contributed by atoms with van der Waals surface area (Å²) in [6.45, 7) is 0.424. The standard InChI is InChI=1S/C13H11BrClNO3/c1-18-13(17)12-5-3-9(19-12)7-16-11-6-8(14)2-4-10(11)15/h2-6,16H,7H2,1H3. The third-order valence-corrected chi connectivity index (χ3v) is 3.25. The molecule has 0 aliphatic heterocycles. The van der Waals surface area contributed by atoms with Crippen LogP contribution < -0.4 is 5.32 Å². The lowest BCUT2D eigenvalue weighted by Crippen LogP contribution is -2.00. The Bertz CT molecular complexity index is 597.